The Morgan fingerprint density at radius 2 is 1.94 bits per heavy atom. The number of benzene rings is 1. The number of hydrogen-bond donors (Lipinski definition) is 1. The van der Waals surface area contributed by atoms with Crippen molar-refractivity contribution < 1.29 is 9.59 Å². The minimum atomic E-state index is -0.547. The molecular weight excluding hydrogens is 214 g/mol. The van der Waals surface area contributed by atoms with Crippen LogP contribution < -0.4 is 5.32 Å². The van der Waals surface area contributed by atoms with Crippen molar-refractivity contribution in [1.29, 1.82) is 0 Å². The van der Waals surface area contributed by atoms with Gasteiger partial charge in [0.05, 0.1) is 5.41 Å². The largest absolute Gasteiger partial charge is 0.295 e. The minimum Gasteiger partial charge on any atom is -0.295 e. The normalized spacial score (nSPS) is 28.9. The second-order valence-electron chi connectivity index (χ2n) is 4.73. The number of piperidine rings is 1. The average molecular weight is 231 g/mol. The van der Waals surface area contributed by atoms with Crippen molar-refractivity contribution in [2.24, 2.45) is 5.92 Å². The summed E-state index contributed by atoms with van der Waals surface area (Å²) in [6, 6.07) is 9.72. The second-order valence-corrected chi connectivity index (χ2v) is 4.73. The van der Waals surface area contributed by atoms with Crippen LogP contribution in [0.5, 0.6) is 0 Å². The van der Waals surface area contributed by atoms with E-state index in [4.69, 9.17) is 0 Å². The van der Waals surface area contributed by atoms with Gasteiger partial charge in [-0.05, 0) is 18.4 Å². The molecule has 3 heteroatoms. The maximum absolute atomic E-state index is 12.2. The summed E-state index contributed by atoms with van der Waals surface area (Å²) in [5.74, 6) is -0.433. The lowest BCUT2D eigenvalue weighted by molar-refractivity contribution is -0.141. The molecule has 1 aromatic rings. The van der Waals surface area contributed by atoms with Crippen molar-refractivity contribution in [2.45, 2.75) is 32.1 Å². The van der Waals surface area contributed by atoms with Crippen molar-refractivity contribution in [3.8, 4) is 0 Å². The Morgan fingerprint density at radius 1 is 1.29 bits per heavy atom. The lowest BCUT2D eigenvalue weighted by atomic mass is 9.69. The molecule has 0 unspecified atom stereocenters. The van der Waals surface area contributed by atoms with Gasteiger partial charge in [0, 0.05) is 5.92 Å². The Hall–Kier alpha value is -1.64. The summed E-state index contributed by atoms with van der Waals surface area (Å²) in [6.45, 7) is 3.87. The standard InChI is InChI=1S/C14H17NO2/c1-3-14(11-7-5-4-6-8-11)9-10(2)12(16)15-13(14)17/h4-8,10H,3,9H2,1-2H3,(H,15,16,17)/t10-,14+/m0/s1. The molecule has 17 heavy (non-hydrogen) atoms. The van der Waals surface area contributed by atoms with E-state index in [1.165, 1.54) is 0 Å². The third kappa shape index (κ3) is 1.86. The first-order valence-corrected chi connectivity index (χ1v) is 6.01. The molecule has 0 bridgehead atoms. The number of imide groups is 1. The summed E-state index contributed by atoms with van der Waals surface area (Å²) >= 11 is 0. The first-order chi connectivity index (χ1) is 8.10. The lowest BCUT2D eigenvalue weighted by Crippen LogP contribution is -2.54. The predicted molar refractivity (Wildman–Crippen MR) is 65.3 cm³/mol. The predicted octanol–water partition coefficient (Wildman–Crippen LogP) is 2.02. The van der Waals surface area contributed by atoms with Crippen LogP contribution in [0.4, 0.5) is 0 Å². The number of amides is 2. The molecule has 1 N–H and O–H groups in total. The molecule has 1 saturated heterocycles. The first kappa shape index (κ1) is 11.8. The summed E-state index contributed by atoms with van der Waals surface area (Å²) in [5.41, 5.74) is 0.452. The minimum absolute atomic E-state index is 0.118. The molecule has 2 atom stereocenters. The molecule has 3 nitrogen and oxygen atoms in total. The number of carbonyl (C=O) groups is 2. The van der Waals surface area contributed by atoms with Crippen molar-refractivity contribution in [3.05, 3.63) is 35.9 Å². The van der Waals surface area contributed by atoms with Gasteiger partial charge >= 0.3 is 0 Å². The van der Waals surface area contributed by atoms with Crippen LogP contribution >= 0.6 is 0 Å². The molecule has 2 amide bonds. The van der Waals surface area contributed by atoms with Crippen LogP contribution in [0.2, 0.25) is 0 Å². The highest BCUT2D eigenvalue weighted by Gasteiger charge is 2.45. The zero-order valence-corrected chi connectivity index (χ0v) is 10.2. The molecule has 1 heterocycles. The highest BCUT2D eigenvalue weighted by atomic mass is 16.2. The van der Waals surface area contributed by atoms with E-state index in [0.29, 0.717) is 12.8 Å². The van der Waals surface area contributed by atoms with Gasteiger partial charge in [0.15, 0.2) is 0 Å². The van der Waals surface area contributed by atoms with Crippen molar-refractivity contribution in [3.63, 3.8) is 0 Å². The summed E-state index contributed by atoms with van der Waals surface area (Å²) in [6.07, 6.45) is 1.30. The quantitative estimate of drug-likeness (QED) is 0.791. The van der Waals surface area contributed by atoms with Crippen LogP contribution in [0.1, 0.15) is 32.3 Å². The molecule has 0 spiro atoms. The third-order valence-electron chi connectivity index (χ3n) is 3.70. The van der Waals surface area contributed by atoms with E-state index >= 15 is 0 Å². The zero-order chi connectivity index (χ0) is 12.5. The van der Waals surface area contributed by atoms with Crippen LogP contribution in [0.3, 0.4) is 0 Å². The van der Waals surface area contributed by atoms with Gasteiger partial charge in [-0.3, -0.25) is 14.9 Å². The van der Waals surface area contributed by atoms with Gasteiger partial charge in [-0.25, -0.2) is 0 Å². The van der Waals surface area contributed by atoms with Gasteiger partial charge in [0.1, 0.15) is 0 Å². The SMILES string of the molecule is CC[C@]1(c2ccccc2)C[C@H](C)C(=O)NC1=O. The Bertz CT molecular complexity index is 441. The molecule has 1 aliphatic rings. The smallest absolute Gasteiger partial charge is 0.237 e. The second kappa shape index (κ2) is 4.32. The molecule has 2 rings (SSSR count). The van der Waals surface area contributed by atoms with Crippen molar-refractivity contribution >= 4 is 11.8 Å². The molecule has 90 valence electrons. The fourth-order valence-electron chi connectivity index (χ4n) is 2.58. The van der Waals surface area contributed by atoms with E-state index in [9.17, 15) is 9.59 Å². The van der Waals surface area contributed by atoms with Crippen LogP contribution in [0.25, 0.3) is 0 Å². The van der Waals surface area contributed by atoms with Gasteiger partial charge in [-0.1, -0.05) is 44.2 Å². The molecule has 1 fully saturated rings. The summed E-state index contributed by atoms with van der Waals surface area (Å²) in [7, 11) is 0. The van der Waals surface area contributed by atoms with Crippen molar-refractivity contribution in [2.75, 3.05) is 0 Å². The molecular formula is C14H17NO2. The fraction of sp³-hybridized carbons (Fsp3) is 0.429. The van der Waals surface area contributed by atoms with E-state index in [2.05, 4.69) is 5.32 Å². The van der Waals surface area contributed by atoms with Gasteiger partial charge in [0.2, 0.25) is 11.8 Å². The van der Waals surface area contributed by atoms with Crippen LogP contribution in [0.15, 0.2) is 30.3 Å². The van der Waals surface area contributed by atoms with E-state index in [1.54, 1.807) is 0 Å². The molecule has 1 aliphatic heterocycles. The Labute approximate surface area is 101 Å². The topological polar surface area (TPSA) is 46.2 Å². The highest BCUT2D eigenvalue weighted by molar-refractivity contribution is 6.04. The zero-order valence-electron chi connectivity index (χ0n) is 10.2. The summed E-state index contributed by atoms with van der Waals surface area (Å²) < 4.78 is 0. The fourth-order valence-corrected chi connectivity index (χ4v) is 2.58. The Kier molecular flexibility index (Phi) is 3.01. The molecule has 0 radical (unpaired) electrons. The lowest BCUT2D eigenvalue weighted by Gasteiger charge is -2.37. The van der Waals surface area contributed by atoms with Crippen LogP contribution in [-0.4, -0.2) is 11.8 Å². The maximum atomic E-state index is 12.2. The summed E-state index contributed by atoms with van der Waals surface area (Å²) in [5, 5.41) is 2.49. The molecule has 0 aromatic heterocycles. The van der Waals surface area contributed by atoms with E-state index in [1.807, 2.05) is 44.2 Å². The highest BCUT2D eigenvalue weighted by Crippen LogP contribution is 2.37. The van der Waals surface area contributed by atoms with E-state index < -0.39 is 5.41 Å². The molecule has 1 aromatic carbocycles. The van der Waals surface area contributed by atoms with Crippen LogP contribution in [-0.2, 0) is 15.0 Å². The average Bonchev–Trinajstić information content (AvgIpc) is 2.35. The number of hydrogen-bond acceptors (Lipinski definition) is 2. The first-order valence-electron chi connectivity index (χ1n) is 6.01. The Balaban J connectivity index is 2.44. The third-order valence-corrected chi connectivity index (χ3v) is 3.70. The van der Waals surface area contributed by atoms with Crippen molar-refractivity contribution in [1.82, 2.24) is 5.32 Å². The summed E-state index contributed by atoms with van der Waals surface area (Å²) in [4.78, 5) is 23.7. The monoisotopic (exact) mass is 231 g/mol. The molecule has 0 aliphatic carbocycles. The van der Waals surface area contributed by atoms with Crippen LogP contribution in [0, 0.1) is 5.92 Å². The van der Waals surface area contributed by atoms with E-state index in [-0.39, 0.29) is 17.7 Å². The number of nitrogens with one attached hydrogen (secondary N) is 1. The van der Waals surface area contributed by atoms with Gasteiger partial charge < -0.3 is 0 Å². The number of rotatable bonds is 2. The molecule has 0 saturated carbocycles. The maximum Gasteiger partial charge on any atom is 0.237 e. The number of carbonyl (C=O) groups excluding carboxylic acids is 2. The van der Waals surface area contributed by atoms with E-state index in [0.717, 1.165) is 5.56 Å². The van der Waals surface area contributed by atoms with Gasteiger partial charge in [-0.15, -0.1) is 0 Å². The van der Waals surface area contributed by atoms with Gasteiger partial charge in [-0.2, -0.15) is 0 Å². The Morgan fingerprint density at radius 3 is 2.53 bits per heavy atom. The van der Waals surface area contributed by atoms with Gasteiger partial charge in [0.25, 0.3) is 0 Å².